The molecule has 0 aliphatic carbocycles. The van der Waals surface area contributed by atoms with E-state index in [2.05, 4.69) is 31.2 Å². The molecule has 3 rings (SSSR count). The van der Waals surface area contributed by atoms with Crippen LogP contribution in [-0.4, -0.2) is 0 Å². The Labute approximate surface area is 137 Å². The molecule has 3 aromatic carbocycles. The van der Waals surface area contributed by atoms with E-state index < -0.39 is 5.60 Å². The highest BCUT2D eigenvalue weighted by Crippen LogP contribution is 2.38. The van der Waals surface area contributed by atoms with Gasteiger partial charge in [0.05, 0.1) is 0 Å². The van der Waals surface area contributed by atoms with Crippen molar-refractivity contribution in [2.24, 2.45) is 0 Å². The summed E-state index contributed by atoms with van der Waals surface area (Å²) >= 11 is 0. The van der Waals surface area contributed by atoms with E-state index in [0.29, 0.717) is 5.69 Å². The average molecular weight is 303 g/mol. The largest absolute Gasteiger partial charge is 0.478 e. The van der Waals surface area contributed by atoms with Gasteiger partial charge in [0.2, 0.25) is 0 Å². The summed E-state index contributed by atoms with van der Waals surface area (Å²) in [7, 11) is 0. The van der Waals surface area contributed by atoms with E-state index in [1.807, 2.05) is 60.7 Å². The van der Waals surface area contributed by atoms with Crippen LogP contribution in [0.2, 0.25) is 0 Å². The van der Waals surface area contributed by atoms with Crippen LogP contribution in [0.1, 0.15) is 24.5 Å². The molecule has 2 nitrogen and oxygen atoms in total. The summed E-state index contributed by atoms with van der Waals surface area (Å²) in [4.78, 5) is 0. The highest BCUT2D eigenvalue weighted by Gasteiger charge is 2.34. The second-order valence-corrected chi connectivity index (χ2v) is 5.59. The number of hydrogen-bond donors (Lipinski definition) is 1. The first kappa shape index (κ1) is 15.2. The first-order chi connectivity index (χ1) is 11.2. The molecule has 0 aliphatic rings. The van der Waals surface area contributed by atoms with Crippen molar-refractivity contribution in [3.8, 4) is 5.75 Å². The van der Waals surface area contributed by atoms with Crippen LogP contribution in [-0.2, 0) is 5.60 Å². The molecule has 116 valence electrons. The molecule has 0 aromatic heterocycles. The van der Waals surface area contributed by atoms with Crippen LogP contribution in [0.3, 0.4) is 0 Å². The van der Waals surface area contributed by atoms with Gasteiger partial charge in [0.15, 0.2) is 5.60 Å². The predicted octanol–water partition coefficient (Wildman–Crippen LogP) is 5.00. The average Bonchev–Trinajstić information content (AvgIpc) is 2.61. The molecule has 2 N–H and O–H groups in total. The molecule has 0 atom stereocenters. The lowest BCUT2D eigenvalue weighted by molar-refractivity contribution is 0.106. The van der Waals surface area contributed by atoms with E-state index in [1.54, 1.807) is 0 Å². The molecule has 0 aliphatic heterocycles. The van der Waals surface area contributed by atoms with Crippen LogP contribution in [0.15, 0.2) is 84.9 Å². The van der Waals surface area contributed by atoms with E-state index in [0.717, 1.165) is 23.3 Å². The van der Waals surface area contributed by atoms with Crippen LogP contribution in [0.4, 0.5) is 5.69 Å². The van der Waals surface area contributed by atoms with Gasteiger partial charge in [-0.1, -0.05) is 73.7 Å². The van der Waals surface area contributed by atoms with E-state index >= 15 is 0 Å². The first-order valence-corrected chi connectivity index (χ1v) is 7.90. The Morgan fingerprint density at radius 2 is 1.35 bits per heavy atom. The fraction of sp³-hybridized carbons (Fsp3) is 0.143. The highest BCUT2D eigenvalue weighted by molar-refractivity contribution is 5.45. The molecule has 23 heavy (non-hydrogen) atoms. The zero-order chi connectivity index (χ0) is 16.1. The summed E-state index contributed by atoms with van der Waals surface area (Å²) in [5, 5.41) is 0. The third-order valence-electron chi connectivity index (χ3n) is 4.13. The summed E-state index contributed by atoms with van der Waals surface area (Å²) in [5.74, 6) is 0.777. The molecule has 3 aromatic rings. The highest BCUT2D eigenvalue weighted by atomic mass is 16.5. The lowest BCUT2D eigenvalue weighted by Crippen LogP contribution is -2.34. The van der Waals surface area contributed by atoms with E-state index in [9.17, 15) is 0 Å². The van der Waals surface area contributed by atoms with Crippen molar-refractivity contribution < 1.29 is 4.74 Å². The maximum Gasteiger partial charge on any atom is 0.159 e. The number of rotatable bonds is 5. The Balaban J connectivity index is 2.13. The molecule has 0 unspecified atom stereocenters. The Kier molecular flexibility index (Phi) is 4.33. The quantitative estimate of drug-likeness (QED) is 0.673. The smallest absolute Gasteiger partial charge is 0.159 e. The standard InChI is InChI=1S/C21H21NO/c1-2-21(17-10-5-3-6-11-17,18-12-7-4-8-13-18)23-20-15-9-14-19(22)16-20/h3-16H,2,22H2,1H3. The number of hydrogen-bond acceptors (Lipinski definition) is 2. The molecule has 0 fully saturated rings. The minimum Gasteiger partial charge on any atom is -0.478 e. The lowest BCUT2D eigenvalue weighted by Gasteiger charge is -2.35. The molecule has 0 spiro atoms. The minimum absolute atomic E-state index is 0.531. The van der Waals surface area contributed by atoms with Crippen molar-refractivity contribution in [2.45, 2.75) is 18.9 Å². The molecule has 0 saturated heterocycles. The minimum atomic E-state index is -0.531. The van der Waals surface area contributed by atoms with Gasteiger partial charge in [-0.05, 0) is 29.7 Å². The maximum atomic E-state index is 6.52. The molecule has 0 bridgehead atoms. The van der Waals surface area contributed by atoms with Crippen molar-refractivity contribution in [3.63, 3.8) is 0 Å². The van der Waals surface area contributed by atoms with Gasteiger partial charge in [-0.15, -0.1) is 0 Å². The Bertz CT molecular complexity index is 714. The van der Waals surface area contributed by atoms with E-state index in [4.69, 9.17) is 10.5 Å². The monoisotopic (exact) mass is 303 g/mol. The van der Waals surface area contributed by atoms with Crippen molar-refractivity contribution >= 4 is 5.69 Å². The van der Waals surface area contributed by atoms with Crippen LogP contribution in [0.25, 0.3) is 0 Å². The second-order valence-electron chi connectivity index (χ2n) is 5.59. The van der Waals surface area contributed by atoms with Crippen LogP contribution in [0, 0.1) is 0 Å². The SMILES string of the molecule is CCC(Oc1cccc(N)c1)(c1ccccc1)c1ccccc1. The van der Waals surface area contributed by atoms with Crippen molar-refractivity contribution in [2.75, 3.05) is 5.73 Å². The molecule has 0 radical (unpaired) electrons. The molecule has 0 amide bonds. The first-order valence-electron chi connectivity index (χ1n) is 7.90. The van der Waals surface area contributed by atoms with Gasteiger partial charge >= 0.3 is 0 Å². The Hall–Kier alpha value is -2.74. The lowest BCUT2D eigenvalue weighted by atomic mass is 9.83. The topological polar surface area (TPSA) is 35.2 Å². The Morgan fingerprint density at radius 1 is 0.783 bits per heavy atom. The number of nitrogen functional groups attached to an aromatic ring is 1. The van der Waals surface area contributed by atoms with Gasteiger partial charge < -0.3 is 10.5 Å². The zero-order valence-corrected chi connectivity index (χ0v) is 13.3. The van der Waals surface area contributed by atoms with Gasteiger partial charge in [0.25, 0.3) is 0 Å². The van der Waals surface area contributed by atoms with Gasteiger partial charge in [-0.2, -0.15) is 0 Å². The van der Waals surface area contributed by atoms with E-state index in [1.165, 1.54) is 0 Å². The number of benzene rings is 3. The number of ether oxygens (including phenoxy) is 1. The third-order valence-corrected chi connectivity index (χ3v) is 4.13. The van der Waals surface area contributed by atoms with E-state index in [-0.39, 0.29) is 0 Å². The van der Waals surface area contributed by atoms with Crippen LogP contribution in [0.5, 0.6) is 5.75 Å². The normalized spacial score (nSPS) is 11.2. The van der Waals surface area contributed by atoms with Crippen molar-refractivity contribution in [1.82, 2.24) is 0 Å². The number of anilines is 1. The summed E-state index contributed by atoms with van der Waals surface area (Å²) in [6.07, 6.45) is 0.815. The van der Waals surface area contributed by atoms with Gasteiger partial charge in [0.1, 0.15) is 5.75 Å². The zero-order valence-electron chi connectivity index (χ0n) is 13.3. The summed E-state index contributed by atoms with van der Waals surface area (Å²) in [5.41, 5.74) is 8.36. The van der Waals surface area contributed by atoms with Crippen LogP contribution >= 0.6 is 0 Å². The predicted molar refractivity (Wildman–Crippen MR) is 95.4 cm³/mol. The molecule has 2 heteroatoms. The fourth-order valence-electron chi connectivity index (χ4n) is 2.96. The third kappa shape index (κ3) is 3.07. The van der Waals surface area contributed by atoms with Gasteiger partial charge in [-0.25, -0.2) is 0 Å². The summed E-state index contributed by atoms with van der Waals surface area (Å²) in [6, 6.07) is 28.3. The number of nitrogens with two attached hydrogens (primary N) is 1. The second kappa shape index (κ2) is 6.57. The summed E-state index contributed by atoms with van der Waals surface area (Å²) in [6.45, 7) is 2.15. The molecular weight excluding hydrogens is 282 g/mol. The maximum absolute atomic E-state index is 6.52. The molecule has 0 heterocycles. The van der Waals surface area contributed by atoms with Crippen molar-refractivity contribution in [3.05, 3.63) is 96.1 Å². The van der Waals surface area contributed by atoms with Crippen LogP contribution < -0.4 is 10.5 Å². The van der Waals surface area contributed by atoms with Crippen molar-refractivity contribution in [1.29, 1.82) is 0 Å². The van der Waals surface area contributed by atoms with Gasteiger partial charge in [0, 0.05) is 11.8 Å². The Morgan fingerprint density at radius 3 is 1.83 bits per heavy atom. The molecule has 0 saturated carbocycles. The van der Waals surface area contributed by atoms with Gasteiger partial charge in [-0.3, -0.25) is 0 Å². The molecular formula is C21H21NO. The fourth-order valence-corrected chi connectivity index (χ4v) is 2.96. The summed E-state index contributed by atoms with van der Waals surface area (Å²) < 4.78 is 6.52.